The van der Waals surface area contributed by atoms with Gasteiger partial charge in [0.15, 0.2) is 0 Å². The van der Waals surface area contributed by atoms with Crippen LogP contribution in [-0.2, 0) is 6.54 Å². The van der Waals surface area contributed by atoms with Gasteiger partial charge < -0.3 is 10.2 Å². The van der Waals surface area contributed by atoms with Gasteiger partial charge in [0.25, 0.3) is 0 Å². The molecule has 1 aromatic carbocycles. The molecule has 2 heteroatoms. The Morgan fingerprint density at radius 2 is 1.69 bits per heavy atom. The predicted octanol–water partition coefficient (Wildman–Crippen LogP) is 3.21. The van der Waals surface area contributed by atoms with Gasteiger partial charge >= 0.3 is 0 Å². The quantitative estimate of drug-likeness (QED) is 0.838. The molecule has 0 aliphatic carbocycles. The molecule has 1 rings (SSSR count). The highest BCUT2D eigenvalue weighted by Crippen LogP contribution is 2.16. The summed E-state index contributed by atoms with van der Waals surface area (Å²) in [7, 11) is 4.12. The van der Waals surface area contributed by atoms with E-state index in [1.165, 1.54) is 11.3 Å². The van der Waals surface area contributed by atoms with Crippen molar-refractivity contribution in [3.05, 3.63) is 29.8 Å². The van der Waals surface area contributed by atoms with E-state index in [2.05, 4.69) is 62.3 Å². The lowest BCUT2D eigenvalue weighted by atomic mass is 9.96. The second-order valence-corrected chi connectivity index (χ2v) is 5.68. The zero-order valence-corrected chi connectivity index (χ0v) is 11.2. The molecule has 0 saturated carbocycles. The molecule has 16 heavy (non-hydrogen) atoms. The topological polar surface area (TPSA) is 15.3 Å². The first-order valence-corrected chi connectivity index (χ1v) is 5.86. The van der Waals surface area contributed by atoms with Crippen LogP contribution in [0.2, 0.25) is 0 Å². The third kappa shape index (κ3) is 4.67. The molecular formula is C14H24N2. The van der Waals surface area contributed by atoms with Crippen LogP contribution in [0.25, 0.3) is 0 Å². The number of hydrogen-bond acceptors (Lipinski definition) is 2. The Bertz CT molecular complexity index is 309. The van der Waals surface area contributed by atoms with Crippen LogP contribution >= 0.6 is 0 Å². The van der Waals surface area contributed by atoms with E-state index in [0.717, 1.165) is 13.1 Å². The number of benzene rings is 1. The fourth-order valence-corrected chi connectivity index (χ4v) is 1.95. The van der Waals surface area contributed by atoms with Gasteiger partial charge in [0.1, 0.15) is 0 Å². The van der Waals surface area contributed by atoms with Gasteiger partial charge in [-0.05, 0) is 30.2 Å². The summed E-state index contributed by atoms with van der Waals surface area (Å²) in [5.41, 5.74) is 2.90. The zero-order chi connectivity index (χ0) is 12.2. The first-order valence-electron chi connectivity index (χ1n) is 5.86. The van der Waals surface area contributed by atoms with Gasteiger partial charge in [0, 0.05) is 25.8 Å². The van der Waals surface area contributed by atoms with Gasteiger partial charge in [0.05, 0.1) is 0 Å². The smallest absolute Gasteiger partial charge is 0.0337 e. The molecule has 0 aliphatic heterocycles. The first-order chi connectivity index (χ1) is 7.40. The normalized spacial score (nSPS) is 11.9. The lowest BCUT2D eigenvalue weighted by molar-refractivity contribution is 0.221. The van der Waals surface area contributed by atoms with E-state index in [4.69, 9.17) is 0 Å². The Kier molecular flexibility index (Phi) is 4.36. The summed E-state index contributed by atoms with van der Waals surface area (Å²) >= 11 is 0. The molecule has 0 unspecified atom stereocenters. The highest BCUT2D eigenvalue weighted by Gasteiger charge is 2.13. The van der Waals surface area contributed by atoms with Crippen LogP contribution in [0.4, 0.5) is 5.69 Å². The molecule has 2 nitrogen and oxygen atoms in total. The molecule has 0 heterocycles. The van der Waals surface area contributed by atoms with Crippen molar-refractivity contribution in [1.29, 1.82) is 0 Å². The van der Waals surface area contributed by atoms with Crippen molar-refractivity contribution in [1.82, 2.24) is 4.90 Å². The molecule has 0 aliphatic rings. The summed E-state index contributed by atoms with van der Waals surface area (Å²) in [5.74, 6) is 0. The highest BCUT2D eigenvalue weighted by molar-refractivity contribution is 5.43. The van der Waals surface area contributed by atoms with Gasteiger partial charge in [-0.2, -0.15) is 0 Å². The Labute approximate surface area is 99.7 Å². The number of nitrogens with one attached hydrogen (secondary N) is 1. The fourth-order valence-electron chi connectivity index (χ4n) is 1.95. The largest absolute Gasteiger partial charge is 0.388 e. The van der Waals surface area contributed by atoms with Gasteiger partial charge in [-0.1, -0.05) is 32.9 Å². The maximum atomic E-state index is 3.13. The van der Waals surface area contributed by atoms with Gasteiger partial charge in [0.2, 0.25) is 0 Å². The molecule has 0 atom stereocenters. The summed E-state index contributed by atoms with van der Waals surface area (Å²) in [4.78, 5) is 2.37. The zero-order valence-electron chi connectivity index (χ0n) is 11.2. The lowest BCUT2D eigenvalue weighted by Crippen LogP contribution is -2.28. The van der Waals surface area contributed by atoms with Crippen molar-refractivity contribution in [2.45, 2.75) is 27.3 Å². The molecule has 0 aromatic heterocycles. The van der Waals surface area contributed by atoms with Crippen LogP contribution in [0.3, 0.4) is 0 Å². The first kappa shape index (κ1) is 13.0. The van der Waals surface area contributed by atoms with E-state index >= 15 is 0 Å². The number of nitrogens with zero attached hydrogens (tertiary/aromatic N) is 1. The lowest BCUT2D eigenvalue weighted by Gasteiger charge is -2.26. The van der Waals surface area contributed by atoms with Crippen molar-refractivity contribution in [2.75, 3.05) is 26.0 Å². The second-order valence-electron chi connectivity index (χ2n) is 5.68. The number of hydrogen-bond donors (Lipinski definition) is 1. The standard InChI is InChI=1S/C14H24N2/c1-14(2,3)11-16(5)10-12-6-8-13(15-4)9-7-12/h6-9,15H,10-11H2,1-5H3. The molecule has 0 saturated heterocycles. The third-order valence-corrected chi connectivity index (χ3v) is 2.44. The second kappa shape index (κ2) is 5.35. The maximum Gasteiger partial charge on any atom is 0.0337 e. The van der Waals surface area contributed by atoms with Crippen LogP contribution in [0, 0.1) is 5.41 Å². The van der Waals surface area contributed by atoms with Crippen molar-refractivity contribution >= 4 is 5.69 Å². The molecule has 0 spiro atoms. The van der Waals surface area contributed by atoms with Gasteiger partial charge in [-0.25, -0.2) is 0 Å². The van der Waals surface area contributed by atoms with Crippen LogP contribution in [-0.4, -0.2) is 25.5 Å². The molecule has 0 radical (unpaired) electrons. The molecule has 0 bridgehead atoms. The highest BCUT2D eigenvalue weighted by atomic mass is 15.1. The van der Waals surface area contributed by atoms with Gasteiger partial charge in [-0.15, -0.1) is 0 Å². The summed E-state index contributed by atoms with van der Waals surface area (Å²) in [6.45, 7) is 8.94. The average molecular weight is 220 g/mol. The summed E-state index contributed by atoms with van der Waals surface area (Å²) < 4.78 is 0. The van der Waals surface area contributed by atoms with E-state index in [9.17, 15) is 0 Å². The molecule has 0 fully saturated rings. The van der Waals surface area contributed by atoms with Crippen molar-refractivity contribution in [2.24, 2.45) is 5.41 Å². The van der Waals surface area contributed by atoms with E-state index < -0.39 is 0 Å². The van der Waals surface area contributed by atoms with E-state index in [1.54, 1.807) is 0 Å². The van der Waals surface area contributed by atoms with Crippen LogP contribution in [0.1, 0.15) is 26.3 Å². The van der Waals surface area contributed by atoms with E-state index in [-0.39, 0.29) is 0 Å². The third-order valence-electron chi connectivity index (χ3n) is 2.44. The molecule has 0 amide bonds. The summed E-state index contributed by atoms with van der Waals surface area (Å²) in [5, 5.41) is 3.13. The molecule has 1 N–H and O–H groups in total. The van der Waals surface area contributed by atoms with E-state index in [1.807, 2.05) is 7.05 Å². The maximum absolute atomic E-state index is 3.13. The summed E-state index contributed by atoms with van der Waals surface area (Å²) in [6, 6.07) is 8.62. The average Bonchev–Trinajstić information content (AvgIpc) is 2.16. The fraction of sp³-hybridized carbons (Fsp3) is 0.571. The molecule has 90 valence electrons. The Hall–Kier alpha value is -1.02. The van der Waals surface area contributed by atoms with Gasteiger partial charge in [-0.3, -0.25) is 0 Å². The van der Waals surface area contributed by atoms with Crippen LogP contribution < -0.4 is 5.32 Å². The SMILES string of the molecule is CNc1ccc(CN(C)CC(C)(C)C)cc1. The minimum atomic E-state index is 0.361. The molecule has 1 aromatic rings. The van der Waals surface area contributed by atoms with Crippen molar-refractivity contribution in [3.8, 4) is 0 Å². The van der Waals surface area contributed by atoms with E-state index in [0.29, 0.717) is 5.41 Å². The Balaban J connectivity index is 2.53. The van der Waals surface area contributed by atoms with Crippen molar-refractivity contribution < 1.29 is 0 Å². The van der Waals surface area contributed by atoms with Crippen LogP contribution in [0.15, 0.2) is 24.3 Å². The number of anilines is 1. The molecular weight excluding hydrogens is 196 g/mol. The minimum absolute atomic E-state index is 0.361. The number of rotatable bonds is 4. The Morgan fingerprint density at radius 3 is 2.12 bits per heavy atom. The van der Waals surface area contributed by atoms with Crippen molar-refractivity contribution in [3.63, 3.8) is 0 Å². The predicted molar refractivity (Wildman–Crippen MR) is 71.8 cm³/mol. The minimum Gasteiger partial charge on any atom is -0.388 e. The van der Waals surface area contributed by atoms with Crippen LogP contribution in [0.5, 0.6) is 0 Å². The Morgan fingerprint density at radius 1 is 1.12 bits per heavy atom. The monoisotopic (exact) mass is 220 g/mol. The summed E-state index contributed by atoms with van der Waals surface area (Å²) in [6.07, 6.45) is 0.